The van der Waals surface area contributed by atoms with E-state index in [1.807, 2.05) is 19.2 Å². The first-order valence-corrected chi connectivity index (χ1v) is 5.86. The standard InChI is InChI=1S/C14H17NO2/c1-3-11-4-5-12(15-9-11)8-14(16)13-6-7-17-10(13)2/h4-7,9,14,16H,3,8H2,1-2H3. The number of rotatable bonds is 4. The Kier molecular flexibility index (Phi) is 3.59. The van der Waals surface area contributed by atoms with Crippen LogP contribution in [0.25, 0.3) is 0 Å². The van der Waals surface area contributed by atoms with Crippen molar-refractivity contribution >= 4 is 0 Å². The topological polar surface area (TPSA) is 46.3 Å². The van der Waals surface area contributed by atoms with Gasteiger partial charge in [-0.15, -0.1) is 0 Å². The molecule has 0 aliphatic heterocycles. The smallest absolute Gasteiger partial charge is 0.106 e. The highest BCUT2D eigenvalue weighted by molar-refractivity contribution is 5.21. The maximum absolute atomic E-state index is 10.1. The van der Waals surface area contributed by atoms with E-state index in [-0.39, 0.29) is 0 Å². The van der Waals surface area contributed by atoms with Gasteiger partial charge in [-0.25, -0.2) is 0 Å². The second-order valence-corrected chi connectivity index (χ2v) is 4.16. The van der Waals surface area contributed by atoms with Crippen molar-refractivity contribution in [1.29, 1.82) is 0 Å². The van der Waals surface area contributed by atoms with E-state index in [0.29, 0.717) is 6.42 Å². The monoisotopic (exact) mass is 231 g/mol. The minimum atomic E-state index is -0.547. The van der Waals surface area contributed by atoms with Crippen LogP contribution in [-0.4, -0.2) is 10.1 Å². The number of aromatic nitrogens is 1. The summed E-state index contributed by atoms with van der Waals surface area (Å²) in [5, 5.41) is 10.1. The molecule has 17 heavy (non-hydrogen) atoms. The van der Waals surface area contributed by atoms with Crippen molar-refractivity contribution in [3.63, 3.8) is 0 Å². The van der Waals surface area contributed by atoms with Crippen LogP contribution in [0.15, 0.2) is 35.1 Å². The lowest BCUT2D eigenvalue weighted by atomic mass is 10.1. The van der Waals surface area contributed by atoms with E-state index in [0.717, 1.165) is 23.4 Å². The number of aliphatic hydroxyl groups excluding tert-OH is 1. The SMILES string of the molecule is CCc1ccc(CC(O)c2ccoc2C)nc1. The predicted octanol–water partition coefficient (Wildman–Crippen LogP) is 2.82. The molecule has 0 saturated carbocycles. The number of pyridine rings is 1. The molecule has 3 nitrogen and oxygen atoms in total. The average molecular weight is 231 g/mol. The van der Waals surface area contributed by atoms with Crippen molar-refractivity contribution in [2.75, 3.05) is 0 Å². The number of aliphatic hydroxyl groups is 1. The first-order chi connectivity index (χ1) is 8.20. The molecule has 0 aliphatic carbocycles. The third-order valence-corrected chi connectivity index (χ3v) is 2.95. The van der Waals surface area contributed by atoms with Gasteiger partial charge in [-0.2, -0.15) is 0 Å². The highest BCUT2D eigenvalue weighted by atomic mass is 16.3. The van der Waals surface area contributed by atoms with Gasteiger partial charge in [0.25, 0.3) is 0 Å². The number of nitrogens with zero attached hydrogens (tertiary/aromatic N) is 1. The molecule has 2 aromatic heterocycles. The van der Waals surface area contributed by atoms with Crippen molar-refractivity contribution in [2.24, 2.45) is 0 Å². The van der Waals surface area contributed by atoms with Crippen LogP contribution in [0.2, 0.25) is 0 Å². The molecule has 0 aromatic carbocycles. The summed E-state index contributed by atoms with van der Waals surface area (Å²) in [7, 11) is 0. The summed E-state index contributed by atoms with van der Waals surface area (Å²) in [4.78, 5) is 4.34. The molecule has 0 bridgehead atoms. The summed E-state index contributed by atoms with van der Waals surface area (Å²) < 4.78 is 5.18. The maximum atomic E-state index is 10.1. The summed E-state index contributed by atoms with van der Waals surface area (Å²) in [6.45, 7) is 3.95. The number of furan rings is 1. The third-order valence-electron chi connectivity index (χ3n) is 2.95. The molecule has 2 aromatic rings. The molecule has 0 aliphatic rings. The normalized spacial score (nSPS) is 12.6. The van der Waals surface area contributed by atoms with E-state index in [2.05, 4.69) is 18.0 Å². The van der Waals surface area contributed by atoms with Crippen LogP contribution in [0, 0.1) is 6.92 Å². The van der Waals surface area contributed by atoms with Gasteiger partial charge in [-0.1, -0.05) is 13.0 Å². The van der Waals surface area contributed by atoms with Gasteiger partial charge in [-0.05, 0) is 31.0 Å². The lowest BCUT2D eigenvalue weighted by molar-refractivity contribution is 0.175. The van der Waals surface area contributed by atoms with Crippen molar-refractivity contribution in [3.05, 3.63) is 53.2 Å². The number of hydrogen-bond donors (Lipinski definition) is 1. The zero-order valence-corrected chi connectivity index (χ0v) is 10.2. The van der Waals surface area contributed by atoms with Gasteiger partial charge >= 0.3 is 0 Å². The molecule has 0 radical (unpaired) electrons. The van der Waals surface area contributed by atoms with Crippen molar-refractivity contribution in [2.45, 2.75) is 32.8 Å². The summed E-state index contributed by atoms with van der Waals surface area (Å²) in [6.07, 6.45) is 4.42. The Morgan fingerprint density at radius 2 is 2.18 bits per heavy atom. The van der Waals surface area contributed by atoms with Crippen molar-refractivity contribution < 1.29 is 9.52 Å². The van der Waals surface area contributed by atoms with Gasteiger partial charge in [0.15, 0.2) is 0 Å². The maximum Gasteiger partial charge on any atom is 0.106 e. The highest BCUT2D eigenvalue weighted by Crippen LogP contribution is 2.21. The zero-order chi connectivity index (χ0) is 12.3. The molecule has 90 valence electrons. The van der Waals surface area contributed by atoms with Gasteiger partial charge in [0.1, 0.15) is 5.76 Å². The Hall–Kier alpha value is -1.61. The van der Waals surface area contributed by atoms with Crippen LogP contribution in [0.5, 0.6) is 0 Å². The minimum Gasteiger partial charge on any atom is -0.469 e. The van der Waals surface area contributed by atoms with E-state index in [4.69, 9.17) is 4.42 Å². The molecular weight excluding hydrogens is 214 g/mol. The van der Waals surface area contributed by atoms with Crippen LogP contribution in [0.4, 0.5) is 0 Å². The van der Waals surface area contributed by atoms with E-state index in [1.54, 1.807) is 12.3 Å². The predicted molar refractivity (Wildman–Crippen MR) is 65.7 cm³/mol. The zero-order valence-electron chi connectivity index (χ0n) is 10.2. The molecule has 0 amide bonds. The molecule has 2 heterocycles. The third kappa shape index (κ3) is 2.74. The lowest BCUT2D eigenvalue weighted by Crippen LogP contribution is -2.03. The Morgan fingerprint density at radius 1 is 1.35 bits per heavy atom. The molecule has 2 rings (SSSR count). The summed E-state index contributed by atoms with van der Waals surface area (Å²) in [5.74, 6) is 0.766. The molecule has 0 saturated heterocycles. The van der Waals surface area contributed by atoms with Crippen LogP contribution >= 0.6 is 0 Å². The molecule has 3 heteroatoms. The Bertz CT molecular complexity index is 473. The summed E-state index contributed by atoms with van der Waals surface area (Å²) in [6, 6.07) is 5.83. The van der Waals surface area contributed by atoms with Crippen LogP contribution in [0.1, 0.15) is 35.6 Å². The minimum absolute atomic E-state index is 0.518. The van der Waals surface area contributed by atoms with Crippen LogP contribution in [-0.2, 0) is 12.8 Å². The number of aryl methyl sites for hydroxylation is 2. The fraction of sp³-hybridized carbons (Fsp3) is 0.357. The average Bonchev–Trinajstić information content (AvgIpc) is 2.76. The van der Waals surface area contributed by atoms with E-state index < -0.39 is 6.10 Å². The van der Waals surface area contributed by atoms with Crippen molar-refractivity contribution in [3.8, 4) is 0 Å². The van der Waals surface area contributed by atoms with E-state index in [9.17, 15) is 5.11 Å². The van der Waals surface area contributed by atoms with Gasteiger partial charge in [0.2, 0.25) is 0 Å². The highest BCUT2D eigenvalue weighted by Gasteiger charge is 2.13. The van der Waals surface area contributed by atoms with E-state index >= 15 is 0 Å². The van der Waals surface area contributed by atoms with Crippen LogP contribution < -0.4 is 0 Å². The summed E-state index contributed by atoms with van der Waals surface area (Å²) >= 11 is 0. The molecule has 0 spiro atoms. The number of hydrogen-bond acceptors (Lipinski definition) is 3. The van der Waals surface area contributed by atoms with Gasteiger partial charge < -0.3 is 9.52 Å². The quantitative estimate of drug-likeness (QED) is 0.880. The Balaban J connectivity index is 2.07. The second-order valence-electron chi connectivity index (χ2n) is 4.16. The van der Waals surface area contributed by atoms with Crippen LogP contribution in [0.3, 0.4) is 0 Å². The first kappa shape index (κ1) is 11.9. The fourth-order valence-corrected chi connectivity index (χ4v) is 1.83. The molecule has 1 unspecified atom stereocenters. The second kappa shape index (κ2) is 5.15. The molecule has 1 N–H and O–H groups in total. The van der Waals surface area contributed by atoms with Crippen molar-refractivity contribution in [1.82, 2.24) is 4.98 Å². The molecular formula is C14H17NO2. The first-order valence-electron chi connectivity index (χ1n) is 5.86. The summed E-state index contributed by atoms with van der Waals surface area (Å²) in [5.41, 5.74) is 2.95. The largest absolute Gasteiger partial charge is 0.469 e. The van der Waals surface area contributed by atoms with Gasteiger partial charge in [0.05, 0.1) is 12.4 Å². The van der Waals surface area contributed by atoms with Gasteiger partial charge in [0, 0.05) is 23.9 Å². The fourth-order valence-electron chi connectivity index (χ4n) is 1.83. The molecule has 0 fully saturated rings. The Morgan fingerprint density at radius 3 is 2.71 bits per heavy atom. The van der Waals surface area contributed by atoms with E-state index in [1.165, 1.54) is 5.56 Å². The Labute approximate surface area is 101 Å². The lowest BCUT2D eigenvalue weighted by Gasteiger charge is -2.09. The molecule has 1 atom stereocenters. The van der Waals surface area contributed by atoms with Gasteiger partial charge in [-0.3, -0.25) is 4.98 Å².